The number of alkyl halides is 6. The Bertz CT molecular complexity index is 1980. The van der Waals surface area contributed by atoms with Gasteiger partial charge in [0, 0.05) is 26.5 Å². The van der Waals surface area contributed by atoms with Crippen molar-refractivity contribution in [2.45, 2.75) is 28.5 Å². The number of fused-ring (bicyclic) bond motifs is 2. The summed E-state index contributed by atoms with van der Waals surface area (Å²) >= 11 is 4.97. The quantitative estimate of drug-likeness (QED) is 0.161. The lowest BCUT2D eigenvalue weighted by Crippen LogP contribution is -2.33. The molecule has 3 atom stereocenters. The van der Waals surface area contributed by atoms with Crippen molar-refractivity contribution in [3.8, 4) is 5.75 Å². The van der Waals surface area contributed by atoms with Crippen LogP contribution in [-0.2, 0) is 26.7 Å². The molecule has 0 saturated carbocycles. The van der Waals surface area contributed by atoms with Gasteiger partial charge in [0.1, 0.15) is 11.0 Å². The first-order chi connectivity index (χ1) is 22.1. The molecule has 2 aliphatic heterocycles. The van der Waals surface area contributed by atoms with E-state index in [1.165, 1.54) is 24.3 Å². The number of H-pyrrole nitrogens is 1. The predicted molar refractivity (Wildman–Crippen MR) is 164 cm³/mol. The first-order valence-corrected chi connectivity index (χ1v) is 16.0. The summed E-state index contributed by atoms with van der Waals surface area (Å²) in [5, 5.41) is 1.36. The van der Waals surface area contributed by atoms with Gasteiger partial charge < -0.3 is 15.0 Å². The topological polar surface area (TPSA) is 109 Å². The van der Waals surface area contributed by atoms with E-state index in [1.54, 1.807) is 6.07 Å². The lowest BCUT2D eigenvalue weighted by Gasteiger charge is -2.31. The number of para-hydroxylation sites is 1. The van der Waals surface area contributed by atoms with Crippen LogP contribution in [0.15, 0.2) is 81.0 Å². The summed E-state index contributed by atoms with van der Waals surface area (Å²) in [6.07, 6.45) is -9.51. The van der Waals surface area contributed by atoms with Gasteiger partial charge in [0.25, 0.3) is 5.91 Å². The van der Waals surface area contributed by atoms with Crippen molar-refractivity contribution >= 4 is 68.1 Å². The predicted octanol–water partition coefficient (Wildman–Crippen LogP) is 7.05. The SMILES string of the molecule is O=C(COc1ccc(Br)cc1[C@H]1c2sc(=O)[nH]c2SC2C(=O)N(c3ccccc3C(F)(F)F)C(=O)C21)Nc1cccc(C(F)(F)F)c1. The van der Waals surface area contributed by atoms with Gasteiger partial charge in [0.05, 0.1) is 27.8 Å². The second kappa shape index (κ2) is 12.2. The molecule has 3 heterocycles. The highest BCUT2D eigenvalue weighted by Gasteiger charge is 2.57. The van der Waals surface area contributed by atoms with Gasteiger partial charge in [-0.15, -0.1) is 0 Å². The van der Waals surface area contributed by atoms with Crippen molar-refractivity contribution in [3.05, 3.63) is 102 Å². The molecule has 1 fully saturated rings. The Balaban J connectivity index is 1.35. The highest BCUT2D eigenvalue weighted by molar-refractivity contribution is 9.10. The van der Waals surface area contributed by atoms with Crippen LogP contribution in [0.2, 0.25) is 0 Å². The van der Waals surface area contributed by atoms with Crippen LogP contribution in [0, 0.1) is 5.92 Å². The van der Waals surface area contributed by atoms with E-state index < -0.39 is 75.5 Å². The van der Waals surface area contributed by atoms with E-state index in [2.05, 4.69) is 26.2 Å². The fourth-order valence-electron chi connectivity index (χ4n) is 5.51. The number of hydrogen-bond acceptors (Lipinski definition) is 7. The zero-order chi connectivity index (χ0) is 33.8. The number of nitrogens with one attached hydrogen (secondary N) is 2. The maximum atomic E-state index is 14.0. The van der Waals surface area contributed by atoms with Gasteiger partial charge in [-0.1, -0.05) is 57.2 Å². The van der Waals surface area contributed by atoms with E-state index >= 15 is 0 Å². The Kier molecular flexibility index (Phi) is 8.50. The molecule has 6 rings (SSSR count). The minimum absolute atomic E-state index is 0.0317. The third-order valence-electron chi connectivity index (χ3n) is 7.41. The number of thiazole rings is 1. The summed E-state index contributed by atoms with van der Waals surface area (Å²) in [5.74, 6) is -4.95. The number of carbonyl (C=O) groups is 3. The molecular formula is C30H18BrF6N3O5S2. The fraction of sp³-hybridized carbons (Fsp3) is 0.200. The number of carbonyl (C=O) groups excluding carboxylic acids is 3. The minimum atomic E-state index is -4.87. The number of halogens is 7. The molecule has 1 saturated heterocycles. The van der Waals surface area contributed by atoms with Crippen LogP contribution >= 0.6 is 39.0 Å². The normalized spacial score (nSPS) is 19.4. The first kappa shape index (κ1) is 32.8. The number of nitrogens with zero attached hydrogens (tertiary/aromatic N) is 1. The van der Waals surface area contributed by atoms with Crippen molar-refractivity contribution < 1.29 is 45.5 Å². The number of aromatic amines is 1. The lowest BCUT2D eigenvalue weighted by atomic mass is 9.82. The lowest BCUT2D eigenvalue weighted by molar-refractivity contribution is -0.138. The number of thioether (sulfide) groups is 1. The molecule has 1 aromatic heterocycles. The zero-order valence-electron chi connectivity index (χ0n) is 23.2. The zero-order valence-corrected chi connectivity index (χ0v) is 26.5. The summed E-state index contributed by atoms with van der Waals surface area (Å²) in [6, 6.07) is 12.7. The van der Waals surface area contributed by atoms with Crippen molar-refractivity contribution in [2.75, 3.05) is 16.8 Å². The smallest absolute Gasteiger partial charge is 0.418 e. The summed E-state index contributed by atoms with van der Waals surface area (Å²) in [5.41, 5.74) is -2.67. The standard InChI is InChI=1S/C30H18BrF6N3O5S2/c31-14-8-9-19(45-12-20(41)38-15-5-3-4-13(10-15)29(32,33)34)16(11-14)21-22-24(46-25-23(21)47-28(44)39-25)27(43)40(26(22)42)18-7-2-1-6-17(18)30(35,36)37/h1-11,21-22,24H,12H2,(H,38,41)(H,39,44)/t21-,22?,24?/m1/s1. The third kappa shape index (κ3) is 6.30. The Hall–Kier alpha value is -4.09. The Morgan fingerprint density at radius 3 is 2.40 bits per heavy atom. The van der Waals surface area contributed by atoms with Gasteiger partial charge in [-0.25, -0.2) is 4.90 Å². The Labute approximate surface area is 277 Å². The van der Waals surface area contributed by atoms with Crippen LogP contribution in [0.25, 0.3) is 0 Å². The van der Waals surface area contributed by atoms with E-state index in [0.29, 0.717) is 14.2 Å². The summed E-state index contributed by atoms with van der Waals surface area (Å²) in [7, 11) is 0. The molecule has 17 heteroatoms. The monoisotopic (exact) mass is 757 g/mol. The number of imide groups is 1. The van der Waals surface area contributed by atoms with E-state index in [9.17, 15) is 45.5 Å². The van der Waals surface area contributed by atoms with Gasteiger partial charge >= 0.3 is 17.2 Å². The number of ether oxygens (including phenoxy) is 1. The number of benzene rings is 3. The number of aromatic nitrogens is 1. The summed E-state index contributed by atoms with van der Waals surface area (Å²) in [6.45, 7) is -0.686. The molecule has 2 unspecified atom stereocenters. The van der Waals surface area contributed by atoms with Crippen molar-refractivity contribution in [3.63, 3.8) is 0 Å². The maximum Gasteiger partial charge on any atom is 0.418 e. The van der Waals surface area contributed by atoms with Gasteiger partial charge in [0.2, 0.25) is 11.8 Å². The van der Waals surface area contributed by atoms with Crippen LogP contribution in [-0.4, -0.2) is 34.6 Å². The van der Waals surface area contributed by atoms with Crippen molar-refractivity contribution in [1.29, 1.82) is 0 Å². The average molecular weight is 759 g/mol. The third-order valence-corrected chi connectivity index (χ3v) is 10.3. The second-order valence-electron chi connectivity index (χ2n) is 10.4. The minimum Gasteiger partial charge on any atom is -0.483 e. The van der Waals surface area contributed by atoms with Crippen molar-refractivity contribution in [2.24, 2.45) is 5.92 Å². The number of anilines is 2. The molecule has 47 heavy (non-hydrogen) atoms. The van der Waals surface area contributed by atoms with Crippen LogP contribution in [0.4, 0.5) is 37.7 Å². The highest BCUT2D eigenvalue weighted by Crippen LogP contribution is 2.55. The molecule has 2 N–H and O–H groups in total. The highest BCUT2D eigenvalue weighted by atomic mass is 79.9. The Morgan fingerprint density at radius 2 is 1.68 bits per heavy atom. The van der Waals surface area contributed by atoms with Crippen LogP contribution in [0.5, 0.6) is 5.75 Å². The number of amides is 3. The molecule has 3 amide bonds. The van der Waals surface area contributed by atoms with Gasteiger partial charge in [-0.3, -0.25) is 19.2 Å². The first-order valence-electron chi connectivity index (χ1n) is 13.5. The molecule has 244 valence electrons. The Morgan fingerprint density at radius 1 is 0.936 bits per heavy atom. The molecule has 2 aliphatic rings. The number of hydrogen-bond donors (Lipinski definition) is 2. The van der Waals surface area contributed by atoms with Gasteiger partial charge in [0.15, 0.2) is 6.61 Å². The number of rotatable bonds is 6. The van der Waals surface area contributed by atoms with Gasteiger partial charge in [-0.2, -0.15) is 26.3 Å². The molecule has 0 spiro atoms. The van der Waals surface area contributed by atoms with E-state index in [1.807, 2.05) is 0 Å². The van der Waals surface area contributed by atoms with Gasteiger partial charge in [-0.05, 0) is 48.5 Å². The van der Waals surface area contributed by atoms with E-state index in [0.717, 1.165) is 59.5 Å². The average Bonchev–Trinajstić information content (AvgIpc) is 3.49. The van der Waals surface area contributed by atoms with Crippen LogP contribution < -0.4 is 19.8 Å². The molecule has 0 radical (unpaired) electrons. The molecule has 3 aromatic carbocycles. The molecule has 0 bridgehead atoms. The molecule has 0 aliphatic carbocycles. The van der Waals surface area contributed by atoms with Crippen LogP contribution in [0.3, 0.4) is 0 Å². The van der Waals surface area contributed by atoms with E-state index in [-0.39, 0.29) is 22.0 Å². The fourth-order valence-corrected chi connectivity index (χ4v) is 8.39. The molecule has 4 aromatic rings. The molecular weight excluding hydrogens is 740 g/mol. The van der Waals surface area contributed by atoms with E-state index in [4.69, 9.17) is 4.74 Å². The van der Waals surface area contributed by atoms with Crippen molar-refractivity contribution in [1.82, 2.24) is 4.98 Å². The summed E-state index contributed by atoms with van der Waals surface area (Å²) < 4.78 is 87.4. The maximum absolute atomic E-state index is 14.0. The molecule has 8 nitrogen and oxygen atoms in total. The van der Waals surface area contributed by atoms with Crippen LogP contribution in [0.1, 0.15) is 27.5 Å². The largest absolute Gasteiger partial charge is 0.483 e. The summed E-state index contributed by atoms with van der Waals surface area (Å²) in [4.78, 5) is 55.9. The second-order valence-corrected chi connectivity index (χ2v) is 13.5.